The second kappa shape index (κ2) is 10.6. The summed E-state index contributed by atoms with van der Waals surface area (Å²) in [6, 6.07) is 9.19. The number of hydrogen-bond acceptors (Lipinski definition) is 8. The number of ether oxygens (including phenoxy) is 1. The first kappa shape index (κ1) is 26.5. The molecule has 2 aromatic heterocycles. The number of tetrazole rings is 1. The van der Waals surface area contributed by atoms with Gasteiger partial charge in [0, 0.05) is 43.5 Å². The van der Waals surface area contributed by atoms with E-state index < -0.39 is 48.8 Å². The van der Waals surface area contributed by atoms with Crippen LogP contribution in [0, 0.1) is 0 Å². The summed E-state index contributed by atoms with van der Waals surface area (Å²) in [5.74, 6) is -1.93. The number of carbonyl (C=O) groups excluding carboxylic acids is 1. The molecule has 0 aliphatic carbocycles. The zero-order valence-electron chi connectivity index (χ0n) is 18.9. The van der Waals surface area contributed by atoms with Crippen molar-refractivity contribution >= 4 is 11.8 Å². The molecular weight excluding hydrogens is 493 g/mol. The number of carbonyl (C=O) groups is 1. The first-order chi connectivity index (χ1) is 16.9. The minimum absolute atomic E-state index is 0.0674. The number of esters is 1. The molecule has 15 heteroatoms. The smallest absolute Gasteiger partial charge is 0.428 e. The van der Waals surface area contributed by atoms with Gasteiger partial charge in [-0.15, -0.1) is 4.68 Å². The fourth-order valence-electron chi connectivity index (χ4n) is 3.04. The van der Waals surface area contributed by atoms with E-state index in [1.807, 2.05) is 0 Å². The number of nitrogens with zero attached hydrogens (tertiary/aromatic N) is 6. The van der Waals surface area contributed by atoms with Gasteiger partial charge in [0.2, 0.25) is 6.23 Å². The first-order valence-corrected chi connectivity index (χ1v) is 10.2. The maximum Gasteiger partial charge on any atom is 0.491 e. The number of aromatic nitrogens is 5. The molecule has 2 heterocycles. The quantitative estimate of drug-likeness (QED) is 0.360. The Morgan fingerprint density at radius 1 is 1.14 bits per heavy atom. The van der Waals surface area contributed by atoms with Gasteiger partial charge in [0.25, 0.3) is 6.08 Å². The summed E-state index contributed by atoms with van der Waals surface area (Å²) in [6.07, 6.45) is -8.00. The predicted molar refractivity (Wildman–Crippen MR) is 117 cm³/mol. The molecule has 0 saturated carbocycles. The van der Waals surface area contributed by atoms with Crippen LogP contribution >= 0.6 is 0 Å². The van der Waals surface area contributed by atoms with Gasteiger partial charge >= 0.3 is 17.8 Å². The second-order valence-electron chi connectivity index (χ2n) is 7.61. The number of hydrogen-bond donors (Lipinski definition) is 1. The lowest BCUT2D eigenvalue weighted by molar-refractivity contribution is -0.207. The van der Waals surface area contributed by atoms with Crippen LogP contribution in [-0.2, 0) is 16.1 Å². The Bertz CT molecular complexity index is 1310. The molecule has 0 saturated heterocycles. The number of anilines is 1. The zero-order valence-corrected chi connectivity index (χ0v) is 18.9. The summed E-state index contributed by atoms with van der Waals surface area (Å²) >= 11 is 0. The SMILES string of the molecule is CN(C)c1ccc(-c2cccc(C(OC(=O)C(F)(F)F)n3nnn(CC(CN)=C(F)F)c3=O)c2)cn1. The highest BCUT2D eigenvalue weighted by atomic mass is 19.4. The summed E-state index contributed by atoms with van der Waals surface area (Å²) in [5.41, 5.74) is 4.38. The largest absolute Gasteiger partial charge is 0.491 e. The molecule has 0 aliphatic heterocycles. The van der Waals surface area contributed by atoms with Gasteiger partial charge in [-0.1, -0.05) is 18.2 Å². The van der Waals surface area contributed by atoms with Crippen molar-refractivity contribution in [3.05, 3.63) is 70.3 Å². The van der Waals surface area contributed by atoms with Crippen LogP contribution in [0.4, 0.5) is 27.8 Å². The van der Waals surface area contributed by atoms with Crippen LogP contribution < -0.4 is 16.3 Å². The third-order valence-corrected chi connectivity index (χ3v) is 4.90. The Labute approximate surface area is 200 Å². The standard InChI is InChI=1S/C21H20F5N7O3/c1-31(2)16-7-6-14(10-28-16)12-4-3-5-13(8-12)18(36-19(34)21(24,25)26)33-20(35)32(29-30-33)11-15(9-27)17(22)23/h3-8,10,18H,9,11,27H2,1-2H3. The minimum atomic E-state index is -5.38. The molecule has 3 rings (SSSR count). The molecule has 0 bridgehead atoms. The Balaban J connectivity index is 2.05. The van der Waals surface area contributed by atoms with Crippen LogP contribution in [0.1, 0.15) is 11.8 Å². The molecule has 3 aromatic rings. The van der Waals surface area contributed by atoms with Crippen LogP contribution in [0.15, 0.2) is 59.0 Å². The Morgan fingerprint density at radius 3 is 2.42 bits per heavy atom. The lowest BCUT2D eigenvalue weighted by atomic mass is 10.0. The Hall–Kier alpha value is -4.14. The number of alkyl halides is 3. The molecule has 1 unspecified atom stereocenters. The molecule has 0 radical (unpaired) electrons. The van der Waals surface area contributed by atoms with Crippen LogP contribution in [-0.4, -0.2) is 57.6 Å². The van der Waals surface area contributed by atoms with Crippen LogP contribution in [0.2, 0.25) is 0 Å². The maximum atomic E-state index is 13.0. The molecule has 36 heavy (non-hydrogen) atoms. The minimum Gasteiger partial charge on any atom is -0.428 e. The molecule has 0 fully saturated rings. The predicted octanol–water partition coefficient (Wildman–Crippen LogP) is 2.33. The number of pyridine rings is 1. The molecule has 0 aliphatic rings. The van der Waals surface area contributed by atoms with E-state index in [0.717, 1.165) is 0 Å². The lowest BCUT2D eigenvalue weighted by Gasteiger charge is -2.19. The van der Waals surface area contributed by atoms with Crippen molar-refractivity contribution in [2.24, 2.45) is 5.73 Å². The van der Waals surface area contributed by atoms with Crippen molar-refractivity contribution in [2.75, 3.05) is 25.5 Å². The van der Waals surface area contributed by atoms with E-state index in [2.05, 4.69) is 20.1 Å². The molecule has 192 valence electrons. The van der Waals surface area contributed by atoms with E-state index in [0.29, 0.717) is 26.3 Å². The monoisotopic (exact) mass is 513 g/mol. The third kappa shape index (κ3) is 5.91. The number of rotatable bonds is 8. The maximum absolute atomic E-state index is 13.0. The first-order valence-electron chi connectivity index (χ1n) is 10.2. The Kier molecular flexibility index (Phi) is 7.82. The second-order valence-corrected chi connectivity index (χ2v) is 7.61. The topological polar surface area (TPSA) is 121 Å². The summed E-state index contributed by atoms with van der Waals surface area (Å²) in [6.45, 7) is -1.36. The van der Waals surface area contributed by atoms with E-state index in [-0.39, 0.29) is 5.56 Å². The highest BCUT2D eigenvalue weighted by molar-refractivity contribution is 5.76. The summed E-state index contributed by atoms with van der Waals surface area (Å²) < 4.78 is 70.2. The lowest BCUT2D eigenvalue weighted by Crippen LogP contribution is -2.35. The van der Waals surface area contributed by atoms with E-state index in [1.165, 1.54) is 24.4 Å². The molecule has 0 amide bonds. The van der Waals surface area contributed by atoms with Gasteiger partial charge in [0.1, 0.15) is 5.82 Å². The van der Waals surface area contributed by atoms with Crippen molar-refractivity contribution in [2.45, 2.75) is 18.9 Å². The highest BCUT2D eigenvalue weighted by Gasteiger charge is 2.43. The van der Waals surface area contributed by atoms with Gasteiger partial charge in [-0.25, -0.2) is 14.6 Å². The van der Waals surface area contributed by atoms with E-state index in [4.69, 9.17) is 5.73 Å². The van der Waals surface area contributed by atoms with E-state index >= 15 is 0 Å². The van der Waals surface area contributed by atoms with Gasteiger partial charge in [-0.05, 0) is 34.2 Å². The number of halogens is 5. The fourth-order valence-corrected chi connectivity index (χ4v) is 3.04. The van der Waals surface area contributed by atoms with E-state index in [1.54, 1.807) is 37.2 Å². The normalized spacial score (nSPS) is 12.2. The van der Waals surface area contributed by atoms with Gasteiger partial charge in [0.05, 0.1) is 6.54 Å². The molecule has 10 nitrogen and oxygen atoms in total. The number of nitrogens with two attached hydrogens (primary N) is 1. The van der Waals surface area contributed by atoms with Crippen LogP contribution in [0.25, 0.3) is 11.1 Å². The van der Waals surface area contributed by atoms with Gasteiger partial charge in [-0.2, -0.15) is 26.6 Å². The summed E-state index contributed by atoms with van der Waals surface area (Å²) in [4.78, 5) is 30.4. The van der Waals surface area contributed by atoms with Crippen molar-refractivity contribution in [3.8, 4) is 11.1 Å². The summed E-state index contributed by atoms with van der Waals surface area (Å²) in [7, 11) is 3.59. The molecule has 1 aromatic carbocycles. The van der Waals surface area contributed by atoms with Gasteiger partial charge in [-0.3, -0.25) is 0 Å². The highest BCUT2D eigenvalue weighted by Crippen LogP contribution is 2.28. The molecule has 1 atom stereocenters. The third-order valence-electron chi connectivity index (χ3n) is 4.90. The van der Waals surface area contributed by atoms with Crippen molar-refractivity contribution in [3.63, 3.8) is 0 Å². The average Bonchev–Trinajstić information content (AvgIpc) is 3.19. The van der Waals surface area contributed by atoms with Crippen LogP contribution in [0.3, 0.4) is 0 Å². The molecular formula is C21H20F5N7O3. The average molecular weight is 513 g/mol. The van der Waals surface area contributed by atoms with Gasteiger partial charge in [0.15, 0.2) is 0 Å². The van der Waals surface area contributed by atoms with Gasteiger partial charge < -0.3 is 15.4 Å². The van der Waals surface area contributed by atoms with Crippen molar-refractivity contribution in [1.82, 2.24) is 24.8 Å². The van der Waals surface area contributed by atoms with Crippen molar-refractivity contribution in [1.29, 1.82) is 0 Å². The number of benzene rings is 1. The fraction of sp³-hybridized carbons (Fsp3) is 0.286. The Morgan fingerprint density at radius 2 is 1.86 bits per heavy atom. The molecule has 2 N–H and O–H groups in total. The van der Waals surface area contributed by atoms with E-state index in [9.17, 15) is 31.5 Å². The van der Waals surface area contributed by atoms with Crippen molar-refractivity contribution < 1.29 is 31.5 Å². The molecule has 0 spiro atoms. The van der Waals surface area contributed by atoms with Crippen LogP contribution in [0.5, 0.6) is 0 Å². The zero-order chi connectivity index (χ0) is 26.6. The summed E-state index contributed by atoms with van der Waals surface area (Å²) in [5, 5.41) is 6.87.